The molecular formula is C12H16N2O. The second-order valence-corrected chi connectivity index (χ2v) is 4.23. The van der Waals surface area contributed by atoms with Crippen LogP contribution in [-0.2, 0) is 0 Å². The Morgan fingerprint density at radius 2 is 2.07 bits per heavy atom. The minimum absolute atomic E-state index is 0.0554. The quantitative estimate of drug-likeness (QED) is 0.818. The van der Waals surface area contributed by atoms with Gasteiger partial charge in [0.15, 0.2) is 11.5 Å². The van der Waals surface area contributed by atoms with Crippen molar-refractivity contribution in [2.75, 3.05) is 0 Å². The largest absolute Gasteiger partial charge is 0.441 e. The molecule has 0 aliphatic carbocycles. The second kappa shape index (κ2) is 3.66. The maximum Gasteiger partial charge on any atom is 0.192 e. The lowest BCUT2D eigenvalue weighted by atomic mass is 9.97. The third-order valence-electron chi connectivity index (χ3n) is 2.62. The molecule has 0 fully saturated rings. The van der Waals surface area contributed by atoms with Gasteiger partial charge in [-0.05, 0) is 23.6 Å². The van der Waals surface area contributed by atoms with Crippen molar-refractivity contribution < 1.29 is 4.42 Å². The Bertz CT molecular complexity index is 473. The van der Waals surface area contributed by atoms with E-state index in [-0.39, 0.29) is 6.04 Å². The fraction of sp³-hybridized carbons (Fsp3) is 0.417. The molecule has 1 atom stereocenters. The van der Waals surface area contributed by atoms with Crippen molar-refractivity contribution in [2.45, 2.75) is 26.8 Å². The molecule has 0 bridgehead atoms. The molecule has 2 aromatic rings. The highest BCUT2D eigenvalue weighted by molar-refractivity contribution is 5.73. The number of nitrogens with zero attached hydrogens (tertiary/aromatic N) is 1. The molecule has 0 saturated carbocycles. The highest BCUT2D eigenvalue weighted by atomic mass is 16.3. The van der Waals surface area contributed by atoms with Crippen LogP contribution in [0.5, 0.6) is 0 Å². The van der Waals surface area contributed by atoms with Gasteiger partial charge in [-0.2, -0.15) is 0 Å². The summed E-state index contributed by atoms with van der Waals surface area (Å²) in [5.41, 5.74) is 8.89. The van der Waals surface area contributed by atoms with Gasteiger partial charge in [0.2, 0.25) is 0 Å². The average Bonchev–Trinajstić information content (AvgIpc) is 2.55. The van der Waals surface area contributed by atoms with Gasteiger partial charge in [-0.1, -0.05) is 19.9 Å². The van der Waals surface area contributed by atoms with Crippen LogP contribution in [0.1, 0.15) is 31.3 Å². The summed E-state index contributed by atoms with van der Waals surface area (Å²) in [6.45, 7) is 6.07. The Morgan fingerprint density at radius 3 is 2.73 bits per heavy atom. The van der Waals surface area contributed by atoms with Gasteiger partial charge < -0.3 is 10.2 Å². The zero-order valence-corrected chi connectivity index (χ0v) is 9.32. The fourth-order valence-electron chi connectivity index (χ4n) is 1.65. The van der Waals surface area contributed by atoms with Gasteiger partial charge in [0, 0.05) is 13.0 Å². The third-order valence-corrected chi connectivity index (χ3v) is 2.62. The molecule has 3 heteroatoms. The van der Waals surface area contributed by atoms with Gasteiger partial charge in [-0.3, -0.25) is 0 Å². The highest BCUT2D eigenvalue weighted by Crippen LogP contribution is 2.23. The summed E-state index contributed by atoms with van der Waals surface area (Å²) >= 11 is 0. The number of fused-ring (bicyclic) bond motifs is 1. The number of nitrogens with two attached hydrogens (primary N) is 1. The van der Waals surface area contributed by atoms with E-state index in [4.69, 9.17) is 10.2 Å². The minimum Gasteiger partial charge on any atom is -0.441 e. The summed E-state index contributed by atoms with van der Waals surface area (Å²) in [5.74, 6) is 1.12. The topological polar surface area (TPSA) is 52.0 Å². The van der Waals surface area contributed by atoms with E-state index in [1.54, 1.807) is 0 Å². The van der Waals surface area contributed by atoms with E-state index < -0.39 is 0 Å². The molecule has 0 spiro atoms. The number of benzene rings is 1. The lowest BCUT2D eigenvalue weighted by Gasteiger charge is -2.15. The summed E-state index contributed by atoms with van der Waals surface area (Å²) in [4.78, 5) is 4.25. The molecule has 0 amide bonds. The van der Waals surface area contributed by atoms with Crippen molar-refractivity contribution in [3.63, 3.8) is 0 Å². The number of rotatable bonds is 2. The van der Waals surface area contributed by atoms with Crippen LogP contribution in [0, 0.1) is 12.8 Å². The summed E-state index contributed by atoms with van der Waals surface area (Å²) in [7, 11) is 0. The molecular weight excluding hydrogens is 188 g/mol. The lowest BCUT2D eigenvalue weighted by molar-refractivity contribution is 0.512. The molecule has 1 aromatic heterocycles. The first-order valence-electron chi connectivity index (χ1n) is 5.20. The van der Waals surface area contributed by atoms with Crippen LogP contribution in [0.2, 0.25) is 0 Å². The zero-order chi connectivity index (χ0) is 11.0. The summed E-state index contributed by atoms with van der Waals surface area (Å²) in [5, 5.41) is 0. The molecule has 2 rings (SSSR count). The van der Waals surface area contributed by atoms with Crippen molar-refractivity contribution in [3.05, 3.63) is 29.7 Å². The summed E-state index contributed by atoms with van der Waals surface area (Å²) in [6.07, 6.45) is 0. The minimum atomic E-state index is 0.0554. The Morgan fingerprint density at radius 1 is 1.33 bits per heavy atom. The number of aryl methyl sites for hydroxylation is 1. The average molecular weight is 204 g/mol. The first-order valence-corrected chi connectivity index (χ1v) is 5.20. The van der Waals surface area contributed by atoms with Gasteiger partial charge in [0.1, 0.15) is 5.52 Å². The van der Waals surface area contributed by atoms with Crippen LogP contribution in [0.4, 0.5) is 0 Å². The van der Waals surface area contributed by atoms with Crippen molar-refractivity contribution in [3.8, 4) is 0 Å². The Labute approximate surface area is 89.3 Å². The number of hydrogen-bond acceptors (Lipinski definition) is 3. The lowest BCUT2D eigenvalue weighted by Crippen LogP contribution is -2.16. The van der Waals surface area contributed by atoms with Crippen LogP contribution in [0.25, 0.3) is 11.1 Å². The standard InChI is InChI=1S/C12H16N2O/c1-7(2)12(13)9-4-5-10-11(6-9)15-8(3)14-10/h4-7,12H,13H2,1-3H3. The Balaban J connectivity index is 2.46. The van der Waals surface area contributed by atoms with E-state index in [9.17, 15) is 0 Å². The Hall–Kier alpha value is -1.35. The van der Waals surface area contributed by atoms with Crippen molar-refractivity contribution in [2.24, 2.45) is 11.7 Å². The second-order valence-electron chi connectivity index (χ2n) is 4.23. The molecule has 0 aliphatic rings. The molecule has 1 heterocycles. The van der Waals surface area contributed by atoms with Crippen molar-refractivity contribution in [1.82, 2.24) is 4.98 Å². The predicted octanol–water partition coefficient (Wildman–Crippen LogP) is 2.79. The van der Waals surface area contributed by atoms with Gasteiger partial charge in [-0.15, -0.1) is 0 Å². The van der Waals surface area contributed by atoms with Gasteiger partial charge in [0.25, 0.3) is 0 Å². The van der Waals surface area contributed by atoms with E-state index in [0.717, 1.165) is 16.7 Å². The molecule has 15 heavy (non-hydrogen) atoms. The molecule has 0 aliphatic heterocycles. The number of oxazole rings is 1. The van der Waals surface area contributed by atoms with E-state index in [1.807, 2.05) is 25.1 Å². The summed E-state index contributed by atoms with van der Waals surface area (Å²) in [6, 6.07) is 6.03. The molecule has 80 valence electrons. The van der Waals surface area contributed by atoms with E-state index in [1.165, 1.54) is 0 Å². The van der Waals surface area contributed by atoms with Crippen LogP contribution >= 0.6 is 0 Å². The van der Waals surface area contributed by atoms with Gasteiger partial charge in [0.05, 0.1) is 0 Å². The predicted molar refractivity (Wildman–Crippen MR) is 60.5 cm³/mol. The molecule has 3 nitrogen and oxygen atoms in total. The third kappa shape index (κ3) is 1.88. The van der Waals surface area contributed by atoms with E-state index in [0.29, 0.717) is 11.8 Å². The van der Waals surface area contributed by atoms with Gasteiger partial charge >= 0.3 is 0 Å². The normalized spacial score (nSPS) is 13.7. The fourth-order valence-corrected chi connectivity index (χ4v) is 1.65. The SMILES string of the molecule is Cc1nc2ccc(C(N)C(C)C)cc2o1. The Kier molecular flexibility index (Phi) is 2.49. The molecule has 1 aromatic carbocycles. The molecule has 2 N–H and O–H groups in total. The smallest absolute Gasteiger partial charge is 0.192 e. The van der Waals surface area contributed by atoms with E-state index in [2.05, 4.69) is 18.8 Å². The first-order chi connectivity index (χ1) is 7.08. The molecule has 1 unspecified atom stereocenters. The molecule has 0 radical (unpaired) electrons. The van der Waals surface area contributed by atoms with Gasteiger partial charge in [-0.25, -0.2) is 4.98 Å². The maximum absolute atomic E-state index is 6.07. The van der Waals surface area contributed by atoms with Crippen LogP contribution < -0.4 is 5.73 Å². The summed E-state index contributed by atoms with van der Waals surface area (Å²) < 4.78 is 5.47. The van der Waals surface area contributed by atoms with Crippen LogP contribution in [0.3, 0.4) is 0 Å². The van der Waals surface area contributed by atoms with Crippen molar-refractivity contribution in [1.29, 1.82) is 0 Å². The first kappa shape index (κ1) is 10.2. The maximum atomic E-state index is 6.07. The van der Waals surface area contributed by atoms with Crippen molar-refractivity contribution >= 4 is 11.1 Å². The highest BCUT2D eigenvalue weighted by Gasteiger charge is 2.12. The van der Waals surface area contributed by atoms with Crippen LogP contribution in [-0.4, -0.2) is 4.98 Å². The number of aromatic nitrogens is 1. The monoisotopic (exact) mass is 204 g/mol. The number of hydrogen-bond donors (Lipinski definition) is 1. The molecule has 0 saturated heterocycles. The zero-order valence-electron chi connectivity index (χ0n) is 9.32. The van der Waals surface area contributed by atoms with E-state index >= 15 is 0 Å². The van der Waals surface area contributed by atoms with Crippen LogP contribution in [0.15, 0.2) is 22.6 Å².